The van der Waals surface area contributed by atoms with E-state index in [1.807, 2.05) is 0 Å². The zero-order valence-electron chi connectivity index (χ0n) is 12.4. The Morgan fingerprint density at radius 1 is 0.722 bits per heavy atom. The van der Waals surface area contributed by atoms with Crippen molar-refractivity contribution >= 4 is 0 Å². The highest BCUT2D eigenvalue weighted by molar-refractivity contribution is 4.94. The molecule has 2 N–H and O–H groups in total. The topological polar surface area (TPSA) is 27.3 Å². The maximum Gasteiger partial charge on any atom is 0.0249 e. The van der Waals surface area contributed by atoms with E-state index >= 15 is 0 Å². The molecule has 0 saturated heterocycles. The lowest BCUT2D eigenvalue weighted by Crippen LogP contribution is -2.58. The molecule has 0 aromatic rings. The van der Waals surface area contributed by atoms with Crippen LogP contribution in [0.4, 0.5) is 0 Å². The number of hydrogen-bond acceptors (Lipinski definition) is 3. The average Bonchev–Trinajstić information content (AvgIpc) is 2.46. The minimum atomic E-state index is 0.697. The molecular weight excluding hydrogens is 222 g/mol. The van der Waals surface area contributed by atoms with Gasteiger partial charge in [-0.2, -0.15) is 0 Å². The number of likely N-dealkylation sites (N-methyl/N-ethyl adjacent to an activating group) is 3. The molecule has 3 heteroatoms. The fourth-order valence-corrected chi connectivity index (χ4v) is 4.12. The molecule has 2 saturated carbocycles. The lowest BCUT2D eigenvalue weighted by atomic mass is 9.84. The number of nitrogens with zero attached hydrogens (tertiary/aromatic N) is 1. The first-order valence-electron chi connectivity index (χ1n) is 7.84. The van der Waals surface area contributed by atoms with Crippen molar-refractivity contribution in [1.29, 1.82) is 0 Å². The van der Waals surface area contributed by atoms with E-state index in [4.69, 9.17) is 0 Å². The Labute approximate surface area is 113 Å². The third kappa shape index (κ3) is 3.06. The summed E-state index contributed by atoms with van der Waals surface area (Å²) < 4.78 is 0. The van der Waals surface area contributed by atoms with Crippen molar-refractivity contribution in [3.05, 3.63) is 0 Å². The Bertz CT molecular complexity index is 220. The van der Waals surface area contributed by atoms with Gasteiger partial charge in [-0.05, 0) is 46.8 Å². The fraction of sp³-hybridized carbons (Fsp3) is 1.00. The maximum atomic E-state index is 3.54. The van der Waals surface area contributed by atoms with E-state index in [0.717, 1.165) is 12.1 Å². The van der Waals surface area contributed by atoms with Gasteiger partial charge in [0.05, 0.1) is 0 Å². The summed E-state index contributed by atoms with van der Waals surface area (Å²) in [6.07, 6.45) is 11.1. The van der Waals surface area contributed by atoms with Crippen molar-refractivity contribution in [3.63, 3.8) is 0 Å². The molecule has 2 rings (SSSR count). The van der Waals surface area contributed by atoms with E-state index < -0.39 is 0 Å². The van der Waals surface area contributed by atoms with Crippen molar-refractivity contribution in [2.75, 3.05) is 21.1 Å². The van der Waals surface area contributed by atoms with E-state index in [0.29, 0.717) is 12.1 Å². The molecule has 0 heterocycles. The highest BCUT2D eigenvalue weighted by Crippen LogP contribution is 2.29. The first kappa shape index (κ1) is 14.3. The van der Waals surface area contributed by atoms with E-state index in [9.17, 15) is 0 Å². The molecule has 4 atom stereocenters. The number of nitrogens with one attached hydrogen (secondary N) is 2. The standard InChI is InChI=1S/C15H31N3/c1-16-12-8-4-6-10-14(12)18(3)15-11-7-5-9-13(15)17-2/h12-17H,4-11H2,1-3H3. The lowest BCUT2D eigenvalue weighted by molar-refractivity contribution is 0.0698. The summed E-state index contributed by atoms with van der Waals surface area (Å²) in [5, 5.41) is 7.09. The SMILES string of the molecule is CNC1CCCCC1N(C)C1CCCCC1NC. The van der Waals surface area contributed by atoms with Crippen LogP contribution in [0, 0.1) is 0 Å². The zero-order chi connectivity index (χ0) is 13.0. The van der Waals surface area contributed by atoms with Gasteiger partial charge in [-0.1, -0.05) is 25.7 Å². The minimum absolute atomic E-state index is 0.697. The molecule has 0 aliphatic heterocycles. The molecule has 0 radical (unpaired) electrons. The smallest absolute Gasteiger partial charge is 0.0249 e. The third-order valence-electron chi connectivity index (χ3n) is 5.25. The van der Waals surface area contributed by atoms with Gasteiger partial charge in [0.2, 0.25) is 0 Å². The Morgan fingerprint density at radius 3 is 1.50 bits per heavy atom. The molecule has 2 aliphatic rings. The van der Waals surface area contributed by atoms with Gasteiger partial charge >= 0.3 is 0 Å². The number of hydrogen-bond donors (Lipinski definition) is 2. The van der Waals surface area contributed by atoms with E-state index in [2.05, 4.69) is 36.7 Å². The van der Waals surface area contributed by atoms with Crippen molar-refractivity contribution in [2.45, 2.75) is 75.5 Å². The average molecular weight is 253 g/mol. The molecule has 0 aromatic carbocycles. The molecule has 0 bridgehead atoms. The van der Waals surface area contributed by atoms with Crippen LogP contribution in [-0.2, 0) is 0 Å². The summed E-state index contributed by atoms with van der Waals surface area (Å²) in [5.41, 5.74) is 0. The van der Waals surface area contributed by atoms with Crippen LogP contribution in [0.3, 0.4) is 0 Å². The molecule has 0 aromatic heterocycles. The predicted molar refractivity (Wildman–Crippen MR) is 78.0 cm³/mol. The van der Waals surface area contributed by atoms with Crippen LogP contribution < -0.4 is 10.6 Å². The van der Waals surface area contributed by atoms with Crippen molar-refractivity contribution in [3.8, 4) is 0 Å². The van der Waals surface area contributed by atoms with Crippen LogP contribution >= 0.6 is 0 Å². The van der Waals surface area contributed by atoms with Gasteiger partial charge < -0.3 is 10.6 Å². The normalized spacial score (nSPS) is 38.0. The molecule has 18 heavy (non-hydrogen) atoms. The molecular formula is C15H31N3. The highest BCUT2D eigenvalue weighted by atomic mass is 15.2. The molecule has 0 spiro atoms. The maximum absolute atomic E-state index is 3.54. The van der Waals surface area contributed by atoms with Crippen LogP contribution in [0.25, 0.3) is 0 Å². The highest BCUT2D eigenvalue weighted by Gasteiger charge is 2.34. The van der Waals surface area contributed by atoms with Gasteiger partial charge in [-0.15, -0.1) is 0 Å². The second kappa shape index (κ2) is 6.88. The van der Waals surface area contributed by atoms with Gasteiger partial charge in [0.1, 0.15) is 0 Å². The Hall–Kier alpha value is -0.120. The predicted octanol–water partition coefficient (Wildman–Crippen LogP) is 1.98. The van der Waals surface area contributed by atoms with Crippen molar-refractivity contribution in [2.24, 2.45) is 0 Å². The Kier molecular flexibility index (Phi) is 5.46. The Balaban J connectivity index is 2.00. The van der Waals surface area contributed by atoms with Crippen LogP contribution in [0.15, 0.2) is 0 Å². The number of rotatable bonds is 4. The summed E-state index contributed by atoms with van der Waals surface area (Å²) >= 11 is 0. The summed E-state index contributed by atoms with van der Waals surface area (Å²) in [7, 11) is 6.63. The van der Waals surface area contributed by atoms with Crippen molar-refractivity contribution < 1.29 is 0 Å². The van der Waals surface area contributed by atoms with Crippen LogP contribution in [0.2, 0.25) is 0 Å². The van der Waals surface area contributed by atoms with Crippen LogP contribution in [0.1, 0.15) is 51.4 Å². The lowest BCUT2D eigenvalue weighted by Gasteiger charge is -2.46. The molecule has 2 fully saturated rings. The largest absolute Gasteiger partial charge is 0.315 e. The van der Waals surface area contributed by atoms with Gasteiger partial charge in [-0.3, -0.25) is 4.90 Å². The first-order valence-corrected chi connectivity index (χ1v) is 7.84. The summed E-state index contributed by atoms with van der Waals surface area (Å²) in [5.74, 6) is 0. The van der Waals surface area contributed by atoms with E-state index in [-0.39, 0.29) is 0 Å². The van der Waals surface area contributed by atoms with Gasteiger partial charge in [-0.25, -0.2) is 0 Å². The zero-order valence-corrected chi connectivity index (χ0v) is 12.4. The van der Waals surface area contributed by atoms with E-state index in [1.165, 1.54) is 51.4 Å². The van der Waals surface area contributed by atoms with E-state index in [1.54, 1.807) is 0 Å². The van der Waals surface area contributed by atoms with Crippen LogP contribution in [-0.4, -0.2) is 50.2 Å². The second-order valence-corrected chi connectivity index (χ2v) is 6.16. The summed E-state index contributed by atoms with van der Waals surface area (Å²) in [6, 6.07) is 2.87. The molecule has 2 aliphatic carbocycles. The summed E-state index contributed by atoms with van der Waals surface area (Å²) in [4.78, 5) is 2.70. The summed E-state index contributed by atoms with van der Waals surface area (Å²) in [6.45, 7) is 0. The quantitative estimate of drug-likeness (QED) is 0.802. The molecule has 106 valence electrons. The molecule has 4 unspecified atom stereocenters. The van der Waals surface area contributed by atoms with Crippen molar-refractivity contribution in [1.82, 2.24) is 15.5 Å². The Morgan fingerprint density at radius 2 is 1.11 bits per heavy atom. The first-order chi connectivity index (χ1) is 8.77. The third-order valence-corrected chi connectivity index (χ3v) is 5.25. The van der Waals surface area contributed by atoms with Gasteiger partial charge in [0.15, 0.2) is 0 Å². The fourth-order valence-electron chi connectivity index (χ4n) is 4.12. The minimum Gasteiger partial charge on any atom is -0.315 e. The van der Waals surface area contributed by atoms with Gasteiger partial charge in [0.25, 0.3) is 0 Å². The second-order valence-electron chi connectivity index (χ2n) is 6.16. The monoisotopic (exact) mass is 253 g/mol. The van der Waals surface area contributed by atoms with Crippen LogP contribution in [0.5, 0.6) is 0 Å². The molecule has 3 nitrogen and oxygen atoms in total. The molecule has 0 amide bonds. The van der Waals surface area contributed by atoms with Gasteiger partial charge in [0, 0.05) is 24.2 Å².